The third kappa shape index (κ3) is 4.40. The van der Waals surface area contributed by atoms with Gasteiger partial charge in [0.25, 0.3) is 0 Å². The number of rotatable bonds is 5. The molecule has 0 aliphatic carbocycles. The molecule has 0 bridgehead atoms. The van der Waals surface area contributed by atoms with Crippen molar-refractivity contribution in [1.29, 1.82) is 0 Å². The highest BCUT2D eigenvalue weighted by Gasteiger charge is 2.39. The van der Waals surface area contributed by atoms with Gasteiger partial charge in [0.1, 0.15) is 16.4 Å². The molecule has 1 aromatic rings. The predicted octanol–water partition coefficient (Wildman–Crippen LogP) is 2.29. The monoisotopic (exact) mass is 356 g/mol. The van der Waals surface area contributed by atoms with Crippen LogP contribution in [0.4, 0.5) is 0 Å². The fourth-order valence-electron chi connectivity index (χ4n) is 3.68. The van der Waals surface area contributed by atoms with Crippen molar-refractivity contribution in [3.63, 3.8) is 0 Å². The van der Waals surface area contributed by atoms with Crippen LogP contribution in [-0.4, -0.2) is 39.8 Å². The van der Waals surface area contributed by atoms with Gasteiger partial charge in [-0.2, -0.15) is 0 Å². The van der Waals surface area contributed by atoms with Crippen LogP contribution in [0.3, 0.4) is 0 Å². The highest BCUT2D eigenvalue weighted by atomic mass is 32.2. The topological polar surface area (TPSA) is 76.7 Å². The second-order valence-corrected chi connectivity index (χ2v) is 9.32. The number of nitrogens with one attached hydrogen (secondary N) is 2. The molecule has 2 rings (SSSR count). The Labute approximate surface area is 145 Å². The Morgan fingerprint density at radius 2 is 1.67 bits per heavy atom. The van der Waals surface area contributed by atoms with Crippen molar-refractivity contribution in [2.24, 2.45) is 0 Å². The minimum Gasteiger partial charge on any atom is -0.497 e. The van der Waals surface area contributed by atoms with Crippen molar-refractivity contribution in [1.82, 2.24) is 10.0 Å². The van der Waals surface area contributed by atoms with Crippen molar-refractivity contribution in [3.05, 3.63) is 18.2 Å². The van der Waals surface area contributed by atoms with Gasteiger partial charge in [0.2, 0.25) is 10.0 Å². The van der Waals surface area contributed by atoms with Crippen LogP contribution in [-0.2, 0) is 10.0 Å². The number of ether oxygens (including phenoxy) is 2. The summed E-state index contributed by atoms with van der Waals surface area (Å²) in [6.45, 7) is 8.34. The molecule has 1 saturated heterocycles. The zero-order chi connectivity index (χ0) is 18.2. The first-order chi connectivity index (χ1) is 11.0. The predicted molar refractivity (Wildman–Crippen MR) is 94.2 cm³/mol. The Kier molecular flexibility index (Phi) is 5.18. The number of methoxy groups -OCH3 is 2. The van der Waals surface area contributed by atoms with E-state index in [1.165, 1.54) is 20.3 Å². The molecule has 0 aromatic heterocycles. The first kappa shape index (κ1) is 19.0. The minimum atomic E-state index is -3.72. The zero-order valence-corrected chi connectivity index (χ0v) is 16.1. The molecule has 0 amide bonds. The van der Waals surface area contributed by atoms with Crippen molar-refractivity contribution in [2.75, 3.05) is 14.2 Å². The van der Waals surface area contributed by atoms with E-state index in [1.807, 2.05) is 0 Å². The van der Waals surface area contributed by atoms with Gasteiger partial charge in [0, 0.05) is 23.2 Å². The molecule has 1 aliphatic heterocycles. The summed E-state index contributed by atoms with van der Waals surface area (Å²) in [6, 6.07) is 4.61. The molecule has 1 aromatic carbocycles. The van der Waals surface area contributed by atoms with E-state index in [2.05, 4.69) is 37.7 Å². The fraction of sp³-hybridized carbons (Fsp3) is 0.647. The molecule has 1 heterocycles. The summed E-state index contributed by atoms with van der Waals surface area (Å²) in [7, 11) is -0.759. The maximum atomic E-state index is 12.9. The van der Waals surface area contributed by atoms with Gasteiger partial charge in [0.15, 0.2) is 0 Å². The Morgan fingerprint density at radius 3 is 2.17 bits per heavy atom. The average molecular weight is 356 g/mol. The van der Waals surface area contributed by atoms with E-state index >= 15 is 0 Å². The van der Waals surface area contributed by atoms with Crippen LogP contribution in [0, 0.1) is 0 Å². The van der Waals surface area contributed by atoms with Crippen LogP contribution in [0.25, 0.3) is 0 Å². The third-order valence-electron chi connectivity index (χ3n) is 4.17. The molecule has 0 spiro atoms. The van der Waals surface area contributed by atoms with Crippen LogP contribution in [0.15, 0.2) is 23.1 Å². The van der Waals surface area contributed by atoms with Crippen molar-refractivity contribution < 1.29 is 17.9 Å². The summed E-state index contributed by atoms with van der Waals surface area (Å²) in [4.78, 5) is 0.0958. The Morgan fingerprint density at radius 1 is 1.08 bits per heavy atom. The maximum absolute atomic E-state index is 12.9. The van der Waals surface area contributed by atoms with Gasteiger partial charge in [-0.3, -0.25) is 0 Å². The Bertz CT molecular complexity index is 683. The van der Waals surface area contributed by atoms with Crippen LogP contribution in [0.5, 0.6) is 11.5 Å². The molecular formula is C17H28N2O4S. The third-order valence-corrected chi connectivity index (χ3v) is 5.71. The molecule has 1 fully saturated rings. The number of hydrogen-bond donors (Lipinski definition) is 2. The normalized spacial score (nSPS) is 20.6. The lowest BCUT2D eigenvalue weighted by atomic mass is 9.80. The van der Waals surface area contributed by atoms with E-state index in [0.29, 0.717) is 24.3 Å². The molecule has 2 N–H and O–H groups in total. The SMILES string of the molecule is COc1ccc(OC)c(S(=O)(=O)NC2CC(C)(C)NC(C)(C)C2)c1. The summed E-state index contributed by atoms with van der Waals surface area (Å²) in [5, 5.41) is 3.55. The lowest BCUT2D eigenvalue weighted by molar-refractivity contribution is 0.157. The standard InChI is InChI=1S/C17H28N2O4S/c1-16(2)10-12(11-17(3,4)19-16)18-24(20,21)15-9-13(22-5)7-8-14(15)23-6/h7-9,12,18-19H,10-11H2,1-6H3. The first-order valence-electron chi connectivity index (χ1n) is 8.02. The Balaban J connectivity index is 2.31. The van der Waals surface area contributed by atoms with E-state index in [0.717, 1.165) is 0 Å². The molecule has 0 saturated carbocycles. The van der Waals surface area contributed by atoms with Gasteiger partial charge in [-0.25, -0.2) is 13.1 Å². The van der Waals surface area contributed by atoms with Crippen LogP contribution in [0.1, 0.15) is 40.5 Å². The van der Waals surface area contributed by atoms with Crippen molar-refractivity contribution in [2.45, 2.75) is 62.6 Å². The molecule has 24 heavy (non-hydrogen) atoms. The summed E-state index contributed by atoms with van der Waals surface area (Å²) < 4.78 is 39.0. The first-order valence-corrected chi connectivity index (χ1v) is 9.50. The lowest BCUT2D eigenvalue weighted by Gasteiger charge is -2.46. The summed E-state index contributed by atoms with van der Waals surface area (Å²) in [6.07, 6.45) is 1.42. The smallest absolute Gasteiger partial charge is 0.244 e. The zero-order valence-electron chi connectivity index (χ0n) is 15.3. The largest absolute Gasteiger partial charge is 0.497 e. The molecule has 0 atom stereocenters. The van der Waals surface area contributed by atoms with Crippen LogP contribution < -0.4 is 19.5 Å². The molecule has 7 heteroatoms. The van der Waals surface area contributed by atoms with E-state index in [-0.39, 0.29) is 22.0 Å². The number of hydrogen-bond acceptors (Lipinski definition) is 5. The summed E-state index contributed by atoms with van der Waals surface area (Å²) in [5.41, 5.74) is -0.291. The summed E-state index contributed by atoms with van der Waals surface area (Å²) >= 11 is 0. The molecular weight excluding hydrogens is 328 g/mol. The number of piperidine rings is 1. The molecule has 6 nitrogen and oxygen atoms in total. The average Bonchev–Trinajstić information content (AvgIpc) is 2.42. The second-order valence-electron chi connectivity index (χ2n) is 7.64. The van der Waals surface area contributed by atoms with Crippen molar-refractivity contribution >= 4 is 10.0 Å². The van der Waals surface area contributed by atoms with Gasteiger partial charge in [-0.1, -0.05) is 0 Å². The van der Waals surface area contributed by atoms with Crippen molar-refractivity contribution in [3.8, 4) is 11.5 Å². The van der Waals surface area contributed by atoms with Crippen LogP contribution in [0.2, 0.25) is 0 Å². The van der Waals surface area contributed by atoms with Gasteiger partial charge >= 0.3 is 0 Å². The highest BCUT2D eigenvalue weighted by molar-refractivity contribution is 7.89. The molecule has 0 radical (unpaired) electrons. The fourth-order valence-corrected chi connectivity index (χ4v) is 5.10. The minimum absolute atomic E-state index is 0.0958. The lowest BCUT2D eigenvalue weighted by Crippen LogP contribution is -2.62. The van der Waals surface area contributed by atoms with Crippen LogP contribution >= 0.6 is 0 Å². The van der Waals surface area contributed by atoms with Gasteiger partial charge in [0.05, 0.1) is 14.2 Å². The summed E-state index contributed by atoms with van der Waals surface area (Å²) in [5.74, 6) is 0.776. The molecule has 0 unspecified atom stereocenters. The van der Waals surface area contributed by atoms with E-state index in [4.69, 9.17) is 9.47 Å². The Hall–Kier alpha value is -1.31. The highest BCUT2D eigenvalue weighted by Crippen LogP contribution is 2.32. The van der Waals surface area contributed by atoms with E-state index in [9.17, 15) is 8.42 Å². The molecule has 136 valence electrons. The van der Waals surface area contributed by atoms with Gasteiger partial charge in [-0.15, -0.1) is 0 Å². The van der Waals surface area contributed by atoms with Gasteiger partial charge < -0.3 is 14.8 Å². The second kappa shape index (κ2) is 6.54. The maximum Gasteiger partial charge on any atom is 0.244 e. The number of sulfonamides is 1. The number of benzene rings is 1. The van der Waals surface area contributed by atoms with E-state index in [1.54, 1.807) is 12.1 Å². The molecule has 1 aliphatic rings. The van der Waals surface area contributed by atoms with Gasteiger partial charge in [-0.05, 0) is 52.7 Å². The van der Waals surface area contributed by atoms with E-state index < -0.39 is 10.0 Å². The quantitative estimate of drug-likeness (QED) is 0.846.